The molecule has 2 aromatic rings. The number of benzene rings is 1. The van der Waals surface area contributed by atoms with Gasteiger partial charge in [-0.2, -0.15) is 0 Å². The van der Waals surface area contributed by atoms with E-state index >= 15 is 0 Å². The summed E-state index contributed by atoms with van der Waals surface area (Å²) in [6.07, 6.45) is 3.11. The first-order chi connectivity index (χ1) is 9.65. The number of aromatic nitrogens is 1. The van der Waals surface area contributed by atoms with Crippen LogP contribution in [0.1, 0.15) is 10.4 Å². The minimum atomic E-state index is -0.289. The molecule has 0 spiro atoms. The first-order valence-electron chi connectivity index (χ1n) is 5.92. The van der Waals surface area contributed by atoms with E-state index in [9.17, 15) is 4.79 Å². The number of hydrogen-bond acceptors (Lipinski definition) is 4. The number of rotatable bonds is 4. The molecule has 1 aromatic heterocycles. The van der Waals surface area contributed by atoms with Crippen LogP contribution < -0.4 is 15.4 Å². The summed E-state index contributed by atoms with van der Waals surface area (Å²) in [5.74, 6) is 0.251. The number of nitrogens with zero attached hydrogens (tertiary/aromatic N) is 1. The Hall–Kier alpha value is -2.27. The zero-order valence-corrected chi connectivity index (χ0v) is 11.9. The summed E-state index contributed by atoms with van der Waals surface area (Å²) in [5.41, 5.74) is 1.64. The van der Waals surface area contributed by atoms with Crippen molar-refractivity contribution in [1.29, 1.82) is 0 Å². The third-order valence-corrected chi connectivity index (χ3v) is 2.98. The largest absolute Gasteiger partial charge is 0.495 e. The monoisotopic (exact) mass is 291 g/mol. The molecule has 20 heavy (non-hydrogen) atoms. The summed E-state index contributed by atoms with van der Waals surface area (Å²) >= 11 is 5.93. The van der Waals surface area contributed by atoms with Crippen molar-refractivity contribution in [3.63, 3.8) is 0 Å². The fourth-order valence-electron chi connectivity index (χ4n) is 1.76. The van der Waals surface area contributed by atoms with E-state index in [1.54, 1.807) is 37.5 Å². The molecular weight excluding hydrogens is 278 g/mol. The molecule has 0 atom stereocenters. The van der Waals surface area contributed by atoms with Gasteiger partial charge in [0.1, 0.15) is 5.75 Å². The van der Waals surface area contributed by atoms with E-state index in [4.69, 9.17) is 16.3 Å². The number of ether oxygens (including phenoxy) is 1. The first kappa shape index (κ1) is 14.1. The molecular formula is C14H14ClN3O2. The Morgan fingerprint density at radius 2 is 2.10 bits per heavy atom. The van der Waals surface area contributed by atoms with Crippen LogP contribution in [0.3, 0.4) is 0 Å². The normalized spacial score (nSPS) is 9.95. The molecule has 1 aromatic carbocycles. The summed E-state index contributed by atoms with van der Waals surface area (Å²) in [5, 5.41) is 6.22. The Labute approximate surface area is 121 Å². The van der Waals surface area contributed by atoms with Crippen LogP contribution in [0, 0.1) is 0 Å². The van der Waals surface area contributed by atoms with Gasteiger partial charge in [-0.05, 0) is 24.3 Å². The number of amides is 1. The molecule has 1 amide bonds. The standard InChI is InChI=1S/C14H14ClN3O2/c1-16-11-5-6-17-8-10(11)14(19)18-12-7-9(15)3-4-13(12)20-2/h3-8H,1-2H3,(H,16,17)(H,18,19). The summed E-state index contributed by atoms with van der Waals surface area (Å²) in [6.45, 7) is 0. The second-order valence-corrected chi connectivity index (χ2v) is 4.41. The molecule has 6 heteroatoms. The zero-order valence-electron chi connectivity index (χ0n) is 11.1. The summed E-state index contributed by atoms with van der Waals surface area (Å²) in [6, 6.07) is 6.75. The highest BCUT2D eigenvalue weighted by atomic mass is 35.5. The lowest BCUT2D eigenvalue weighted by Gasteiger charge is -2.12. The Bertz CT molecular complexity index is 632. The van der Waals surface area contributed by atoms with Gasteiger partial charge in [0, 0.05) is 30.2 Å². The van der Waals surface area contributed by atoms with Gasteiger partial charge in [0.25, 0.3) is 5.91 Å². The maximum atomic E-state index is 12.3. The number of pyridine rings is 1. The molecule has 0 bridgehead atoms. The highest BCUT2D eigenvalue weighted by molar-refractivity contribution is 6.31. The van der Waals surface area contributed by atoms with E-state index < -0.39 is 0 Å². The highest BCUT2D eigenvalue weighted by Crippen LogP contribution is 2.28. The Balaban J connectivity index is 2.30. The van der Waals surface area contributed by atoms with Crippen LogP contribution in [-0.2, 0) is 0 Å². The van der Waals surface area contributed by atoms with Crippen LogP contribution in [0.4, 0.5) is 11.4 Å². The van der Waals surface area contributed by atoms with Gasteiger partial charge in [0.2, 0.25) is 0 Å². The SMILES string of the molecule is CNc1ccncc1C(=O)Nc1cc(Cl)ccc1OC. The van der Waals surface area contributed by atoms with Gasteiger partial charge >= 0.3 is 0 Å². The maximum Gasteiger partial charge on any atom is 0.259 e. The number of anilines is 2. The van der Waals surface area contributed by atoms with Crippen LogP contribution >= 0.6 is 11.6 Å². The fourth-order valence-corrected chi connectivity index (χ4v) is 1.93. The third-order valence-electron chi connectivity index (χ3n) is 2.74. The number of methoxy groups -OCH3 is 1. The van der Waals surface area contributed by atoms with Gasteiger partial charge in [0.05, 0.1) is 18.4 Å². The van der Waals surface area contributed by atoms with Crippen molar-refractivity contribution < 1.29 is 9.53 Å². The quantitative estimate of drug-likeness (QED) is 0.909. The first-order valence-corrected chi connectivity index (χ1v) is 6.30. The molecule has 0 saturated heterocycles. The topological polar surface area (TPSA) is 63.2 Å². The van der Waals surface area contributed by atoms with Crippen LogP contribution in [0.2, 0.25) is 5.02 Å². The molecule has 0 aliphatic heterocycles. The smallest absolute Gasteiger partial charge is 0.259 e. The van der Waals surface area contributed by atoms with Gasteiger partial charge < -0.3 is 15.4 Å². The van der Waals surface area contributed by atoms with Crippen molar-refractivity contribution in [3.8, 4) is 5.75 Å². The van der Waals surface area contributed by atoms with Crippen molar-refractivity contribution >= 4 is 28.9 Å². The van der Waals surface area contributed by atoms with E-state index in [1.807, 2.05) is 0 Å². The second-order valence-electron chi connectivity index (χ2n) is 3.97. The average molecular weight is 292 g/mol. The molecule has 0 radical (unpaired) electrons. The fraction of sp³-hybridized carbons (Fsp3) is 0.143. The van der Waals surface area contributed by atoms with E-state index in [0.717, 1.165) is 0 Å². The van der Waals surface area contributed by atoms with Crippen molar-refractivity contribution in [2.45, 2.75) is 0 Å². The van der Waals surface area contributed by atoms with E-state index in [-0.39, 0.29) is 5.91 Å². The third kappa shape index (κ3) is 3.00. The number of nitrogens with one attached hydrogen (secondary N) is 2. The van der Waals surface area contributed by atoms with E-state index in [0.29, 0.717) is 27.7 Å². The van der Waals surface area contributed by atoms with Crippen molar-refractivity contribution in [1.82, 2.24) is 4.98 Å². The van der Waals surface area contributed by atoms with Crippen molar-refractivity contribution in [2.24, 2.45) is 0 Å². The minimum Gasteiger partial charge on any atom is -0.495 e. The van der Waals surface area contributed by atoms with Crippen molar-refractivity contribution in [2.75, 3.05) is 24.8 Å². The van der Waals surface area contributed by atoms with Crippen LogP contribution in [0.5, 0.6) is 5.75 Å². The van der Waals surface area contributed by atoms with E-state index in [2.05, 4.69) is 15.6 Å². The predicted octanol–water partition coefficient (Wildman–Crippen LogP) is 3.04. The zero-order chi connectivity index (χ0) is 14.5. The Kier molecular flexibility index (Phi) is 4.42. The highest BCUT2D eigenvalue weighted by Gasteiger charge is 2.13. The summed E-state index contributed by atoms with van der Waals surface area (Å²) < 4.78 is 5.19. The van der Waals surface area contributed by atoms with Gasteiger partial charge in [-0.25, -0.2) is 0 Å². The molecule has 0 unspecified atom stereocenters. The Morgan fingerprint density at radius 3 is 2.80 bits per heavy atom. The van der Waals surface area contributed by atoms with Crippen LogP contribution in [-0.4, -0.2) is 25.0 Å². The lowest BCUT2D eigenvalue weighted by Crippen LogP contribution is -2.15. The van der Waals surface area contributed by atoms with Gasteiger partial charge in [0.15, 0.2) is 0 Å². The molecule has 104 valence electrons. The molecule has 2 N–H and O–H groups in total. The minimum absolute atomic E-state index is 0.289. The number of carbonyl (C=O) groups is 1. The average Bonchev–Trinajstić information content (AvgIpc) is 2.47. The molecule has 2 rings (SSSR count). The molecule has 0 aliphatic carbocycles. The van der Waals surface area contributed by atoms with Crippen LogP contribution in [0.15, 0.2) is 36.7 Å². The number of hydrogen-bond donors (Lipinski definition) is 2. The van der Waals surface area contributed by atoms with Crippen molar-refractivity contribution in [3.05, 3.63) is 47.2 Å². The van der Waals surface area contributed by atoms with Gasteiger partial charge in [-0.3, -0.25) is 9.78 Å². The lowest BCUT2D eigenvalue weighted by molar-refractivity contribution is 0.102. The Morgan fingerprint density at radius 1 is 1.30 bits per heavy atom. The molecule has 0 fully saturated rings. The summed E-state index contributed by atoms with van der Waals surface area (Å²) in [4.78, 5) is 16.2. The molecule has 1 heterocycles. The number of halogens is 1. The predicted molar refractivity (Wildman–Crippen MR) is 79.7 cm³/mol. The molecule has 0 aliphatic rings. The summed E-state index contributed by atoms with van der Waals surface area (Å²) in [7, 11) is 3.27. The van der Waals surface area contributed by atoms with Crippen LogP contribution in [0.25, 0.3) is 0 Å². The maximum absolute atomic E-state index is 12.3. The molecule has 0 saturated carbocycles. The van der Waals surface area contributed by atoms with Gasteiger partial charge in [-0.15, -0.1) is 0 Å². The number of carbonyl (C=O) groups excluding carboxylic acids is 1. The second kappa shape index (κ2) is 6.25. The lowest BCUT2D eigenvalue weighted by atomic mass is 10.2. The van der Waals surface area contributed by atoms with E-state index in [1.165, 1.54) is 13.3 Å². The van der Waals surface area contributed by atoms with Gasteiger partial charge in [-0.1, -0.05) is 11.6 Å². The molecule has 5 nitrogen and oxygen atoms in total.